The molecule has 0 aliphatic heterocycles. The first-order valence-corrected chi connectivity index (χ1v) is 7.34. The van der Waals surface area contributed by atoms with E-state index >= 15 is 0 Å². The zero-order valence-electron chi connectivity index (χ0n) is 12.0. The summed E-state index contributed by atoms with van der Waals surface area (Å²) < 4.78 is 0. The Hall–Kier alpha value is -2.13. The highest BCUT2D eigenvalue weighted by atomic mass is 35.5. The molecule has 0 atom stereocenters. The summed E-state index contributed by atoms with van der Waals surface area (Å²) in [6.07, 6.45) is 0. The molecule has 0 amide bonds. The minimum Gasteiger partial charge on any atom is -0.326 e. The van der Waals surface area contributed by atoms with E-state index < -0.39 is 0 Å². The maximum absolute atomic E-state index is 6.10. The standard InChI is InChI=1S/C17H16ClN3/c1-3-21(15-11-7-4-8-12(15)2)16-13-9-5-6-10-14(13)19-17(18)20-16/h4-11H,3H2,1-2H3. The first kappa shape index (κ1) is 13.8. The lowest BCUT2D eigenvalue weighted by Crippen LogP contribution is -2.19. The van der Waals surface area contributed by atoms with E-state index in [-0.39, 0.29) is 5.28 Å². The van der Waals surface area contributed by atoms with E-state index in [2.05, 4.69) is 40.8 Å². The zero-order valence-corrected chi connectivity index (χ0v) is 12.8. The molecule has 21 heavy (non-hydrogen) atoms. The molecule has 0 N–H and O–H groups in total. The van der Waals surface area contributed by atoms with E-state index in [4.69, 9.17) is 11.6 Å². The van der Waals surface area contributed by atoms with Crippen LogP contribution in [0.1, 0.15) is 12.5 Å². The van der Waals surface area contributed by atoms with Crippen molar-refractivity contribution >= 4 is 34.0 Å². The summed E-state index contributed by atoms with van der Waals surface area (Å²) in [5.41, 5.74) is 3.21. The molecule has 0 saturated carbocycles. The van der Waals surface area contributed by atoms with Crippen LogP contribution in [0.25, 0.3) is 10.9 Å². The quantitative estimate of drug-likeness (QED) is 0.653. The van der Waals surface area contributed by atoms with Crippen molar-refractivity contribution in [3.8, 4) is 0 Å². The number of hydrogen-bond donors (Lipinski definition) is 0. The number of fused-ring (bicyclic) bond motifs is 1. The largest absolute Gasteiger partial charge is 0.326 e. The van der Waals surface area contributed by atoms with Crippen LogP contribution < -0.4 is 4.90 Å². The van der Waals surface area contributed by atoms with Crippen LogP contribution in [0.15, 0.2) is 48.5 Å². The van der Waals surface area contributed by atoms with Gasteiger partial charge in [0.2, 0.25) is 5.28 Å². The molecule has 3 rings (SSSR count). The van der Waals surface area contributed by atoms with Gasteiger partial charge in [0.15, 0.2) is 0 Å². The molecule has 1 heterocycles. The second-order valence-corrected chi connectivity index (χ2v) is 5.20. The van der Waals surface area contributed by atoms with Gasteiger partial charge in [-0.15, -0.1) is 0 Å². The highest BCUT2D eigenvalue weighted by Crippen LogP contribution is 2.32. The average Bonchev–Trinajstić information content (AvgIpc) is 2.49. The minimum atomic E-state index is 0.274. The Bertz CT molecular complexity index is 786. The van der Waals surface area contributed by atoms with E-state index in [0.29, 0.717) is 0 Å². The normalized spacial score (nSPS) is 10.8. The molecule has 0 aliphatic rings. The highest BCUT2D eigenvalue weighted by molar-refractivity contribution is 6.28. The number of para-hydroxylation sites is 2. The summed E-state index contributed by atoms with van der Waals surface area (Å²) in [6.45, 7) is 5.02. The van der Waals surface area contributed by atoms with Crippen molar-refractivity contribution < 1.29 is 0 Å². The lowest BCUT2D eigenvalue weighted by atomic mass is 10.1. The van der Waals surface area contributed by atoms with Crippen LogP contribution in [0.5, 0.6) is 0 Å². The number of anilines is 2. The number of hydrogen-bond acceptors (Lipinski definition) is 3. The van der Waals surface area contributed by atoms with Gasteiger partial charge in [-0.3, -0.25) is 0 Å². The lowest BCUT2D eigenvalue weighted by Gasteiger charge is -2.25. The molecule has 3 aromatic rings. The van der Waals surface area contributed by atoms with Gasteiger partial charge in [0, 0.05) is 17.6 Å². The van der Waals surface area contributed by atoms with E-state index in [1.165, 1.54) is 5.56 Å². The second-order valence-electron chi connectivity index (χ2n) is 4.86. The summed E-state index contributed by atoms with van der Waals surface area (Å²) in [5, 5.41) is 1.28. The van der Waals surface area contributed by atoms with E-state index in [9.17, 15) is 0 Å². The summed E-state index contributed by atoms with van der Waals surface area (Å²) >= 11 is 6.10. The lowest BCUT2D eigenvalue weighted by molar-refractivity contribution is 0.983. The Labute approximate surface area is 129 Å². The molecular formula is C17H16ClN3. The fourth-order valence-corrected chi connectivity index (χ4v) is 2.71. The zero-order chi connectivity index (χ0) is 14.8. The molecule has 0 bridgehead atoms. The van der Waals surface area contributed by atoms with Crippen molar-refractivity contribution in [1.82, 2.24) is 9.97 Å². The fraction of sp³-hybridized carbons (Fsp3) is 0.176. The summed E-state index contributed by atoms with van der Waals surface area (Å²) in [4.78, 5) is 10.9. The topological polar surface area (TPSA) is 29.0 Å². The Kier molecular flexibility index (Phi) is 3.76. The molecule has 0 radical (unpaired) electrons. The van der Waals surface area contributed by atoms with Crippen molar-refractivity contribution in [2.24, 2.45) is 0 Å². The summed E-state index contributed by atoms with van der Waals surface area (Å²) in [6, 6.07) is 16.2. The molecule has 0 fully saturated rings. The SMILES string of the molecule is CCN(c1ccccc1C)c1nc(Cl)nc2ccccc12. The first-order valence-electron chi connectivity index (χ1n) is 6.96. The maximum Gasteiger partial charge on any atom is 0.224 e. The van der Waals surface area contributed by atoms with Crippen LogP contribution in [-0.2, 0) is 0 Å². The Morgan fingerprint density at radius 3 is 2.48 bits per heavy atom. The van der Waals surface area contributed by atoms with Gasteiger partial charge in [0.1, 0.15) is 5.82 Å². The maximum atomic E-state index is 6.10. The number of nitrogens with zero attached hydrogens (tertiary/aromatic N) is 3. The molecule has 4 heteroatoms. The average molecular weight is 298 g/mol. The number of halogens is 1. The molecule has 0 unspecified atom stereocenters. The van der Waals surface area contributed by atoms with Crippen LogP contribution in [0.4, 0.5) is 11.5 Å². The molecule has 0 spiro atoms. The Morgan fingerprint density at radius 2 is 1.71 bits per heavy atom. The van der Waals surface area contributed by atoms with Gasteiger partial charge < -0.3 is 4.90 Å². The van der Waals surface area contributed by atoms with Gasteiger partial charge in [0.05, 0.1) is 5.52 Å². The Balaban J connectivity index is 2.24. The van der Waals surface area contributed by atoms with Gasteiger partial charge in [-0.25, -0.2) is 4.98 Å². The smallest absolute Gasteiger partial charge is 0.224 e. The van der Waals surface area contributed by atoms with Gasteiger partial charge >= 0.3 is 0 Å². The van der Waals surface area contributed by atoms with Crippen molar-refractivity contribution in [2.45, 2.75) is 13.8 Å². The predicted octanol–water partition coefficient (Wildman–Crippen LogP) is 4.75. The van der Waals surface area contributed by atoms with Crippen LogP contribution in [0, 0.1) is 6.92 Å². The Morgan fingerprint density at radius 1 is 1.00 bits per heavy atom. The van der Waals surface area contributed by atoms with E-state index in [0.717, 1.165) is 29.0 Å². The summed E-state index contributed by atoms with van der Waals surface area (Å²) in [5.74, 6) is 0.849. The van der Waals surface area contributed by atoms with Gasteiger partial charge in [-0.1, -0.05) is 30.3 Å². The van der Waals surface area contributed by atoms with Crippen LogP contribution in [-0.4, -0.2) is 16.5 Å². The highest BCUT2D eigenvalue weighted by Gasteiger charge is 2.15. The van der Waals surface area contributed by atoms with Gasteiger partial charge in [-0.2, -0.15) is 4.98 Å². The van der Waals surface area contributed by atoms with Crippen LogP contribution in [0.2, 0.25) is 5.28 Å². The monoisotopic (exact) mass is 297 g/mol. The van der Waals surface area contributed by atoms with Crippen molar-refractivity contribution in [2.75, 3.05) is 11.4 Å². The van der Waals surface area contributed by atoms with Crippen molar-refractivity contribution in [3.63, 3.8) is 0 Å². The third-order valence-corrected chi connectivity index (χ3v) is 3.70. The minimum absolute atomic E-state index is 0.274. The fourth-order valence-electron chi connectivity index (χ4n) is 2.54. The van der Waals surface area contributed by atoms with E-state index in [1.807, 2.05) is 36.4 Å². The second kappa shape index (κ2) is 5.70. The summed E-state index contributed by atoms with van der Waals surface area (Å²) in [7, 11) is 0. The first-order chi connectivity index (χ1) is 10.2. The molecule has 0 saturated heterocycles. The van der Waals surface area contributed by atoms with Gasteiger partial charge in [-0.05, 0) is 49.2 Å². The number of benzene rings is 2. The molecule has 3 nitrogen and oxygen atoms in total. The molecule has 2 aromatic carbocycles. The van der Waals surface area contributed by atoms with Gasteiger partial charge in [0.25, 0.3) is 0 Å². The van der Waals surface area contributed by atoms with Crippen molar-refractivity contribution in [3.05, 3.63) is 59.4 Å². The number of aromatic nitrogens is 2. The molecule has 1 aromatic heterocycles. The third-order valence-electron chi connectivity index (χ3n) is 3.53. The number of rotatable bonds is 3. The van der Waals surface area contributed by atoms with Crippen LogP contribution in [0.3, 0.4) is 0 Å². The third kappa shape index (κ3) is 2.57. The van der Waals surface area contributed by atoms with Crippen molar-refractivity contribution in [1.29, 1.82) is 0 Å². The predicted molar refractivity (Wildman–Crippen MR) is 88.4 cm³/mol. The van der Waals surface area contributed by atoms with E-state index in [1.54, 1.807) is 0 Å². The molecule has 0 aliphatic carbocycles. The molecular weight excluding hydrogens is 282 g/mol. The number of aryl methyl sites for hydroxylation is 1. The molecule has 106 valence electrons. The van der Waals surface area contributed by atoms with Crippen LogP contribution >= 0.6 is 11.6 Å².